The van der Waals surface area contributed by atoms with Gasteiger partial charge in [-0.15, -0.1) is 0 Å². The summed E-state index contributed by atoms with van der Waals surface area (Å²) in [4.78, 5) is 11.4. The second kappa shape index (κ2) is 5.19. The van der Waals surface area contributed by atoms with Crippen molar-refractivity contribution in [1.82, 2.24) is 5.32 Å². The van der Waals surface area contributed by atoms with Crippen LogP contribution in [-0.2, 0) is 10.3 Å². The van der Waals surface area contributed by atoms with Gasteiger partial charge in [0.05, 0.1) is 7.11 Å². The molecular weight excluding hydrogens is 218 g/mol. The molecule has 0 bridgehead atoms. The van der Waals surface area contributed by atoms with Crippen LogP contribution in [0.5, 0.6) is 5.75 Å². The number of carboxylic acids is 1. The van der Waals surface area contributed by atoms with Crippen LogP contribution >= 0.6 is 0 Å². The first-order valence-electron chi connectivity index (χ1n) is 5.55. The lowest BCUT2D eigenvalue weighted by molar-refractivity contribution is -0.144. The van der Waals surface area contributed by atoms with Gasteiger partial charge in [0.15, 0.2) is 0 Å². The molecule has 0 aromatic heterocycles. The molecule has 4 heteroatoms. The normalized spacial score (nSPS) is 14.4. The summed E-state index contributed by atoms with van der Waals surface area (Å²) in [7, 11) is 1.58. The molecular formula is C13H19NO3. The Kier molecular flexibility index (Phi) is 4.12. The zero-order valence-corrected chi connectivity index (χ0v) is 10.7. The van der Waals surface area contributed by atoms with Crippen LogP contribution in [-0.4, -0.2) is 24.2 Å². The first kappa shape index (κ1) is 13.5. The lowest BCUT2D eigenvalue weighted by atomic mass is 9.91. The number of aliphatic carboxylic acids is 1. The second-order valence-corrected chi connectivity index (χ2v) is 4.46. The number of carbonyl (C=O) groups is 1. The number of hydrogen-bond acceptors (Lipinski definition) is 3. The summed E-state index contributed by atoms with van der Waals surface area (Å²) < 4.78 is 5.06. The fourth-order valence-electron chi connectivity index (χ4n) is 1.77. The Morgan fingerprint density at radius 3 is 2.24 bits per heavy atom. The molecule has 1 unspecified atom stereocenters. The van der Waals surface area contributed by atoms with Gasteiger partial charge in [0.25, 0.3) is 0 Å². The van der Waals surface area contributed by atoms with Gasteiger partial charge in [-0.1, -0.05) is 12.1 Å². The SMILES string of the molecule is COc1ccc(C(C)(NC(C)C)C(=O)O)cc1. The van der Waals surface area contributed by atoms with Crippen molar-refractivity contribution in [2.75, 3.05) is 7.11 Å². The largest absolute Gasteiger partial charge is 0.497 e. The maximum Gasteiger partial charge on any atom is 0.328 e. The minimum Gasteiger partial charge on any atom is -0.497 e. The average Bonchev–Trinajstić information content (AvgIpc) is 2.28. The Labute approximate surface area is 102 Å². The zero-order valence-electron chi connectivity index (χ0n) is 10.7. The van der Waals surface area contributed by atoms with Gasteiger partial charge in [0.1, 0.15) is 11.3 Å². The molecule has 0 heterocycles. The molecule has 0 radical (unpaired) electrons. The first-order chi connectivity index (χ1) is 7.90. The predicted octanol–water partition coefficient (Wildman–Crippen LogP) is 1.99. The Morgan fingerprint density at radius 1 is 1.35 bits per heavy atom. The van der Waals surface area contributed by atoms with E-state index in [0.717, 1.165) is 0 Å². The van der Waals surface area contributed by atoms with E-state index in [1.54, 1.807) is 38.3 Å². The van der Waals surface area contributed by atoms with Gasteiger partial charge in [0, 0.05) is 6.04 Å². The van der Waals surface area contributed by atoms with Crippen molar-refractivity contribution in [3.8, 4) is 5.75 Å². The highest BCUT2D eigenvalue weighted by molar-refractivity contribution is 5.80. The highest BCUT2D eigenvalue weighted by atomic mass is 16.5. The first-order valence-corrected chi connectivity index (χ1v) is 5.55. The van der Waals surface area contributed by atoms with Crippen LogP contribution in [0.1, 0.15) is 26.3 Å². The number of rotatable bonds is 5. The summed E-state index contributed by atoms with van der Waals surface area (Å²) in [5, 5.41) is 12.4. The number of carboxylic acid groups (broad SMARTS) is 1. The van der Waals surface area contributed by atoms with Gasteiger partial charge in [-0.2, -0.15) is 0 Å². The lowest BCUT2D eigenvalue weighted by Crippen LogP contribution is -2.49. The molecule has 0 aliphatic rings. The molecule has 1 rings (SSSR count). The Balaban J connectivity index is 3.09. The van der Waals surface area contributed by atoms with Crippen LogP contribution in [0.25, 0.3) is 0 Å². The molecule has 2 N–H and O–H groups in total. The van der Waals surface area contributed by atoms with E-state index in [-0.39, 0.29) is 6.04 Å². The number of hydrogen-bond donors (Lipinski definition) is 2. The van der Waals surface area contributed by atoms with Crippen molar-refractivity contribution >= 4 is 5.97 Å². The molecule has 0 saturated heterocycles. The average molecular weight is 237 g/mol. The molecule has 0 saturated carbocycles. The number of nitrogens with one attached hydrogen (secondary N) is 1. The third-order valence-electron chi connectivity index (χ3n) is 2.67. The second-order valence-electron chi connectivity index (χ2n) is 4.46. The summed E-state index contributed by atoms with van der Waals surface area (Å²) in [5.74, 6) is -0.178. The van der Waals surface area contributed by atoms with Gasteiger partial charge in [-0.25, -0.2) is 4.79 Å². The smallest absolute Gasteiger partial charge is 0.328 e. The van der Waals surface area contributed by atoms with Crippen molar-refractivity contribution in [3.63, 3.8) is 0 Å². The van der Waals surface area contributed by atoms with Crippen molar-refractivity contribution in [2.45, 2.75) is 32.4 Å². The molecule has 0 amide bonds. The predicted molar refractivity (Wildman–Crippen MR) is 66.3 cm³/mol. The zero-order chi connectivity index (χ0) is 13.1. The van der Waals surface area contributed by atoms with Crippen molar-refractivity contribution < 1.29 is 14.6 Å². The molecule has 0 aliphatic carbocycles. The van der Waals surface area contributed by atoms with Gasteiger partial charge in [-0.05, 0) is 38.5 Å². The monoisotopic (exact) mass is 237 g/mol. The standard InChI is InChI=1S/C13H19NO3/c1-9(2)14-13(3,12(15)16)10-5-7-11(17-4)8-6-10/h5-9,14H,1-4H3,(H,15,16). The minimum absolute atomic E-state index is 0.0817. The van der Waals surface area contributed by atoms with Crippen molar-refractivity contribution in [1.29, 1.82) is 0 Å². The molecule has 1 aromatic rings. The van der Waals surface area contributed by atoms with Gasteiger partial charge in [-0.3, -0.25) is 5.32 Å². The van der Waals surface area contributed by atoms with Crippen LogP contribution in [0.2, 0.25) is 0 Å². The summed E-state index contributed by atoms with van der Waals surface area (Å²) in [6.45, 7) is 5.51. The quantitative estimate of drug-likeness (QED) is 0.822. The highest BCUT2D eigenvalue weighted by Gasteiger charge is 2.35. The molecule has 4 nitrogen and oxygen atoms in total. The number of benzene rings is 1. The maximum atomic E-state index is 11.4. The van der Waals surface area contributed by atoms with E-state index in [0.29, 0.717) is 11.3 Å². The lowest BCUT2D eigenvalue weighted by Gasteiger charge is -2.29. The molecule has 0 spiro atoms. The molecule has 1 aromatic carbocycles. The van der Waals surface area contributed by atoms with Crippen LogP contribution in [0.4, 0.5) is 0 Å². The van der Waals surface area contributed by atoms with Crippen molar-refractivity contribution in [2.24, 2.45) is 0 Å². The van der Waals surface area contributed by atoms with Gasteiger partial charge in [0.2, 0.25) is 0 Å². The fourth-order valence-corrected chi connectivity index (χ4v) is 1.77. The van der Waals surface area contributed by atoms with E-state index >= 15 is 0 Å². The van der Waals surface area contributed by atoms with E-state index < -0.39 is 11.5 Å². The summed E-state index contributed by atoms with van der Waals surface area (Å²) in [6, 6.07) is 7.14. The van der Waals surface area contributed by atoms with E-state index in [1.165, 1.54) is 0 Å². The molecule has 0 fully saturated rings. The number of methoxy groups -OCH3 is 1. The summed E-state index contributed by atoms with van der Waals surface area (Å²) >= 11 is 0. The number of ether oxygens (including phenoxy) is 1. The van der Waals surface area contributed by atoms with Gasteiger partial charge < -0.3 is 9.84 Å². The molecule has 94 valence electrons. The summed E-state index contributed by atoms with van der Waals surface area (Å²) in [5.41, 5.74) is -0.375. The van der Waals surface area contributed by atoms with Crippen LogP contribution in [0, 0.1) is 0 Å². The fraction of sp³-hybridized carbons (Fsp3) is 0.462. The van der Waals surface area contributed by atoms with Crippen LogP contribution in [0.15, 0.2) is 24.3 Å². The van der Waals surface area contributed by atoms with Crippen LogP contribution < -0.4 is 10.1 Å². The van der Waals surface area contributed by atoms with E-state index in [2.05, 4.69) is 5.32 Å². The molecule has 1 atom stereocenters. The maximum absolute atomic E-state index is 11.4. The third kappa shape index (κ3) is 2.97. The van der Waals surface area contributed by atoms with Crippen molar-refractivity contribution in [3.05, 3.63) is 29.8 Å². The van der Waals surface area contributed by atoms with Gasteiger partial charge >= 0.3 is 5.97 Å². The third-order valence-corrected chi connectivity index (χ3v) is 2.67. The molecule has 0 aliphatic heterocycles. The highest BCUT2D eigenvalue weighted by Crippen LogP contribution is 2.24. The Morgan fingerprint density at radius 2 is 1.88 bits per heavy atom. The topological polar surface area (TPSA) is 58.6 Å². The van der Waals surface area contributed by atoms with Crippen LogP contribution in [0.3, 0.4) is 0 Å². The minimum atomic E-state index is -1.08. The van der Waals surface area contributed by atoms with E-state index in [4.69, 9.17) is 4.74 Å². The molecule has 17 heavy (non-hydrogen) atoms. The summed E-state index contributed by atoms with van der Waals surface area (Å²) in [6.07, 6.45) is 0. The Hall–Kier alpha value is -1.55. The Bertz CT molecular complexity index is 386. The van der Waals surface area contributed by atoms with E-state index in [1.807, 2.05) is 13.8 Å². The van der Waals surface area contributed by atoms with E-state index in [9.17, 15) is 9.90 Å².